The molecular formula is C16H23NO2. The van der Waals surface area contributed by atoms with E-state index in [1.807, 2.05) is 13.0 Å². The zero-order valence-corrected chi connectivity index (χ0v) is 11.8. The van der Waals surface area contributed by atoms with Gasteiger partial charge in [-0.3, -0.25) is 4.79 Å². The minimum absolute atomic E-state index is 0.0660. The van der Waals surface area contributed by atoms with Crippen molar-refractivity contribution >= 4 is 5.97 Å². The van der Waals surface area contributed by atoms with Crippen molar-refractivity contribution in [1.29, 1.82) is 0 Å². The molecule has 1 fully saturated rings. The molecule has 0 spiro atoms. The minimum Gasteiger partial charge on any atom is -0.466 e. The van der Waals surface area contributed by atoms with Crippen LogP contribution in [0.3, 0.4) is 0 Å². The van der Waals surface area contributed by atoms with Crippen molar-refractivity contribution in [3.05, 3.63) is 35.9 Å². The van der Waals surface area contributed by atoms with Crippen LogP contribution in [0.4, 0.5) is 0 Å². The summed E-state index contributed by atoms with van der Waals surface area (Å²) >= 11 is 0. The Morgan fingerprint density at radius 3 is 2.79 bits per heavy atom. The molecule has 0 aromatic heterocycles. The maximum atomic E-state index is 11.8. The van der Waals surface area contributed by atoms with Gasteiger partial charge in [0, 0.05) is 6.54 Å². The molecule has 2 rings (SSSR count). The highest BCUT2D eigenvalue weighted by atomic mass is 16.5. The lowest BCUT2D eigenvalue weighted by Crippen LogP contribution is -2.38. The predicted molar refractivity (Wildman–Crippen MR) is 76.0 cm³/mol. The first-order chi connectivity index (χ1) is 9.20. The van der Waals surface area contributed by atoms with Crippen LogP contribution in [0.25, 0.3) is 0 Å². The van der Waals surface area contributed by atoms with Gasteiger partial charge in [-0.05, 0) is 44.3 Å². The summed E-state index contributed by atoms with van der Waals surface area (Å²) in [6, 6.07) is 10.5. The molecule has 3 heteroatoms. The van der Waals surface area contributed by atoms with E-state index in [4.69, 9.17) is 4.74 Å². The van der Waals surface area contributed by atoms with E-state index in [2.05, 4.69) is 36.2 Å². The van der Waals surface area contributed by atoms with E-state index >= 15 is 0 Å². The summed E-state index contributed by atoms with van der Waals surface area (Å²) in [6.45, 7) is 4.40. The standard InChI is InChI=1S/C16H23NO2/c1-3-19-16(18)11-14-12-17(2)10-9-15(14)13-7-5-4-6-8-13/h4-8,14-15H,3,9-12H2,1-2H3. The first kappa shape index (κ1) is 14.1. The number of hydrogen-bond donors (Lipinski definition) is 0. The molecule has 1 aromatic rings. The average Bonchev–Trinajstić information content (AvgIpc) is 2.40. The highest BCUT2D eigenvalue weighted by molar-refractivity contribution is 5.69. The van der Waals surface area contributed by atoms with Crippen LogP contribution >= 0.6 is 0 Å². The number of hydrogen-bond acceptors (Lipinski definition) is 3. The number of benzene rings is 1. The Hall–Kier alpha value is -1.35. The fourth-order valence-corrected chi connectivity index (χ4v) is 2.99. The summed E-state index contributed by atoms with van der Waals surface area (Å²) in [5.41, 5.74) is 1.35. The lowest BCUT2D eigenvalue weighted by Gasteiger charge is -2.36. The van der Waals surface area contributed by atoms with Crippen LogP contribution in [0.15, 0.2) is 30.3 Å². The van der Waals surface area contributed by atoms with Crippen molar-refractivity contribution in [2.45, 2.75) is 25.7 Å². The first-order valence-corrected chi connectivity index (χ1v) is 7.09. The summed E-state index contributed by atoms with van der Waals surface area (Å²) in [5.74, 6) is 0.769. The Bertz CT molecular complexity index is 404. The number of likely N-dealkylation sites (tertiary alicyclic amines) is 1. The van der Waals surface area contributed by atoms with Gasteiger partial charge < -0.3 is 9.64 Å². The number of carbonyl (C=O) groups excluding carboxylic acids is 1. The van der Waals surface area contributed by atoms with E-state index < -0.39 is 0 Å². The molecule has 0 amide bonds. The number of esters is 1. The largest absolute Gasteiger partial charge is 0.466 e. The van der Waals surface area contributed by atoms with Crippen LogP contribution in [0, 0.1) is 5.92 Å². The Morgan fingerprint density at radius 2 is 2.11 bits per heavy atom. The van der Waals surface area contributed by atoms with Crippen molar-refractivity contribution in [3.63, 3.8) is 0 Å². The van der Waals surface area contributed by atoms with Crippen LogP contribution in [0.5, 0.6) is 0 Å². The predicted octanol–water partition coefficient (Wildman–Crippen LogP) is 2.68. The van der Waals surface area contributed by atoms with Gasteiger partial charge in [0.1, 0.15) is 0 Å². The molecule has 1 heterocycles. The summed E-state index contributed by atoms with van der Waals surface area (Å²) in [7, 11) is 2.12. The van der Waals surface area contributed by atoms with Crippen molar-refractivity contribution in [2.24, 2.45) is 5.92 Å². The highest BCUT2D eigenvalue weighted by Gasteiger charge is 2.30. The third-order valence-electron chi connectivity index (χ3n) is 3.90. The molecule has 0 aliphatic carbocycles. The van der Waals surface area contributed by atoms with Crippen LogP contribution in [0.1, 0.15) is 31.2 Å². The molecule has 1 aromatic carbocycles. The van der Waals surface area contributed by atoms with Gasteiger partial charge in [0.15, 0.2) is 0 Å². The van der Waals surface area contributed by atoms with Gasteiger partial charge in [0.25, 0.3) is 0 Å². The molecule has 2 atom stereocenters. The molecule has 2 unspecified atom stereocenters. The third-order valence-corrected chi connectivity index (χ3v) is 3.90. The molecule has 1 aliphatic heterocycles. The lowest BCUT2D eigenvalue weighted by atomic mass is 9.79. The number of carbonyl (C=O) groups is 1. The number of nitrogens with zero attached hydrogens (tertiary/aromatic N) is 1. The summed E-state index contributed by atoms with van der Waals surface area (Å²) in [4.78, 5) is 14.1. The molecule has 3 nitrogen and oxygen atoms in total. The second-order valence-corrected chi connectivity index (χ2v) is 5.34. The van der Waals surface area contributed by atoms with Crippen molar-refractivity contribution in [1.82, 2.24) is 4.90 Å². The van der Waals surface area contributed by atoms with Crippen molar-refractivity contribution in [3.8, 4) is 0 Å². The maximum absolute atomic E-state index is 11.8. The average molecular weight is 261 g/mol. The Morgan fingerprint density at radius 1 is 1.37 bits per heavy atom. The molecule has 0 saturated carbocycles. The van der Waals surface area contributed by atoms with Gasteiger partial charge in [-0.1, -0.05) is 30.3 Å². The summed E-state index contributed by atoms with van der Waals surface area (Å²) in [5, 5.41) is 0. The molecule has 0 N–H and O–H groups in total. The van der Waals surface area contributed by atoms with Crippen LogP contribution in [-0.4, -0.2) is 37.6 Å². The van der Waals surface area contributed by atoms with Gasteiger partial charge in [-0.2, -0.15) is 0 Å². The zero-order valence-electron chi connectivity index (χ0n) is 11.8. The van der Waals surface area contributed by atoms with E-state index in [0.717, 1.165) is 19.5 Å². The van der Waals surface area contributed by atoms with E-state index in [1.54, 1.807) is 0 Å². The number of rotatable bonds is 4. The molecule has 0 radical (unpaired) electrons. The summed E-state index contributed by atoms with van der Waals surface area (Å²) < 4.78 is 5.11. The third kappa shape index (κ3) is 3.80. The quantitative estimate of drug-likeness (QED) is 0.780. The topological polar surface area (TPSA) is 29.5 Å². The van der Waals surface area contributed by atoms with Crippen LogP contribution in [0.2, 0.25) is 0 Å². The molecule has 104 valence electrons. The lowest BCUT2D eigenvalue weighted by molar-refractivity contribution is -0.144. The van der Waals surface area contributed by atoms with E-state index in [1.165, 1.54) is 5.56 Å². The molecule has 0 bridgehead atoms. The smallest absolute Gasteiger partial charge is 0.306 e. The van der Waals surface area contributed by atoms with E-state index in [-0.39, 0.29) is 5.97 Å². The van der Waals surface area contributed by atoms with Gasteiger partial charge in [0.05, 0.1) is 13.0 Å². The second kappa shape index (κ2) is 6.71. The van der Waals surface area contributed by atoms with E-state index in [9.17, 15) is 4.79 Å². The SMILES string of the molecule is CCOC(=O)CC1CN(C)CCC1c1ccccc1. The Labute approximate surface area is 115 Å². The van der Waals surface area contributed by atoms with Gasteiger partial charge in [-0.25, -0.2) is 0 Å². The van der Waals surface area contributed by atoms with Gasteiger partial charge in [0.2, 0.25) is 0 Å². The Kier molecular flexibility index (Phi) is 4.97. The summed E-state index contributed by atoms with van der Waals surface area (Å²) in [6.07, 6.45) is 1.64. The maximum Gasteiger partial charge on any atom is 0.306 e. The van der Waals surface area contributed by atoms with Crippen molar-refractivity contribution in [2.75, 3.05) is 26.7 Å². The second-order valence-electron chi connectivity index (χ2n) is 5.34. The molecule has 1 aliphatic rings. The van der Waals surface area contributed by atoms with Crippen molar-refractivity contribution < 1.29 is 9.53 Å². The van der Waals surface area contributed by atoms with E-state index in [0.29, 0.717) is 24.9 Å². The number of ether oxygens (including phenoxy) is 1. The number of piperidine rings is 1. The Balaban J connectivity index is 2.08. The fourth-order valence-electron chi connectivity index (χ4n) is 2.99. The van der Waals surface area contributed by atoms with Gasteiger partial charge in [-0.15, -0.1) is 0 Å². The molecule has 19 heavy (non-hydrogen) atoms. The van der Waals surface area contributed by atoms with Crippen LogP contribution < -0.4 is 0 Å². The highest BCUT2D eigenvalue weighted by Crippen LogP contribution is 2.34. The molecule has 1 saturated heterocycles. The molecular weight excluding hydrogens is 238 g/mol. The van der Waals surface area contributed by atoms with Crippen LogP contribution in [-0.2, 0) is 9.53 Å². The first-order valence-electron chi connectivity index (χ1n) is 7.09. The normalized spacial score (nSPS) is 24.1. The van der Waals surface area contributed by atoms with Gasteiger partial charge >= 0.3 is 5.97 Å². The minimum atomic E-state index is -0.0660. The zero-order chi connectivity index (χ0) is 13.7. The fraction of sp³-hybridized carbons (Fsp3) is 0.562. The monoisotopic (exact) mass is 261 g/mol.